The third-order valence-corrected chi connectivity index (χ3v) is 5.32. The fraction of sp³-hybridized carbons (Fsp3) is 0.368. The van der Waals surface area contributed by atoms with E-state index in [9.17, 15) is 5.11 Å². The van der Waals surface area contributed by atoms with Crippen LogP contribution < -0.4 is 10.1 Å². The van der Waals surface area contributed by atoms with Crippen LogP contribution >= 0.6 is 11.8 Å². The zero-order valence-corrected chi connectivity index (χ0v) is 14.6. The smallest absolute Gasteiger partial charge is 0.132 e. The second-order valence-corrected chi connectivity index (χ2v) is 6.80. The SMILES string of the molecule is COc1cc([C@H](C)N[C@@H]2c3ccccc3C[C@H]2O)ccc1SC. The van der Waals surface area contributed by atoms with Crippen LogP contribution in [0.3, 0.4) is 0 Å². The Balaban J connectivity index is 1.81. The number of hydrogen-bond donors (Lipinski definition) is 2. The molecule has 1 aliphatic rings. The van der Waals surface area contributed by atoms with E-state index in [4.69, 9.17) is 4.74 Å². The van der Waals surface area contributed by atoms with Crippen LogP contribution in [-0.2, 0) is 6.42 Å². The minimum absolute atomic E-state index is 0.0209. The molecule has 0 fully saturated rings. The van der Waals surface area contributed by atoms with Gasteiger partial charge in [-0.1, -0.05) is 30.3 Å². The van der Waals surface area contributed by atoms with E-state index >= 15 is 0 Å². The van der Waals surface area contributed by atoms with Crippen LogP contribution in [0.4, 0.5) is 0 Å². The van der Waals surface area contributed by atoms with Gasteiger partial charge < -0.3 is 15.2 Å². The number of aliphatic hydroxyl groups excluding tert-OH is 1. The van der Waals surface area contributed by atoms with Crippen molar-refractivity contribution in [3.05, 3.63) is 59.2 Å². The molecule has 2 N–H and O–H groups in total. The molecule has 1 aliphatic carbocycles. The summed E-state index contributed by atoms with van der Waals surface area (Å²) in [4.78, 5) is 1.13. The zero-order valence-electron chi connectivity index (χ0n) is 13.7. The molecule has 0 bridgehead atoms. The van der Waals surface area contributed by atoms with Gasteiger partial charge in [-0.3, -0.25) is 0 Å². The molecular formula is C19H23NO2S. The van der Waals surface area contributed by atoms with Crippen LogP contribution in [0.1, 0.15) is 35.7 Å². The van der Waals surface area contributed by atoms with Gasteiger partial charge in [0.2, 0.25) is 0 Å². The Morgan fingerprint density at radius 1 is 1.26 bits per heavy atom. The van der Waals surface area contributed by atoms with E-state index in [0.717, 1.165) is 22.6 Å². The molecule has 23 heavy (non-hydrogen) atoms. The fourth-order valence-corrected chi connectivity index (χ4v) is 3.81. The molecule has 0 heterocycles. The molecule has 0 aliphatic heterocycles. The Morgan fingerprint density at radius 2 is 2.04 bits per heavy atom. The van der Waals surface area contributed by atoms with Gasteiger partial charge in [-0.2, -0.15) is 0 Å². The van der Waals surface area contributed by atoms with Crippen molar-refractivity contribution in [3.63, 3.8) is 0 Å². The number of rotatable bonds is 5. The van der Waals surface area contributed by atoms with Crippen molar-refractivity contribution in [3.8, 4) is 5.75 Å². The predicted molar refractivity (Wildman–Crippen MR) is 95.2 cm³/mol. The zero-order chi connectivity index (χ0) is 16.4. The first kappa shape index (κ1) is 16.4. The van der Waals surface area contributed by atoms with Gasteiger partial charge in [-0.25, -0.2) is 0 Å². The lowest BCUT2D eigenvalue weighted by Gasteiger charge is -2.24. The maximum absolute atomic E-state index is 10.4. The summed E-state index contributed by atoms with van der Waals surface area (Å²) in [5.41, 5.74) is 3.61. The standard InChI is InChI=1S/C19H23NO2S/c1-12(13-8-9-18(23-3)17(11-13)22-2)20-19-15-7-5-4-6-14(15)10-16(19)21/h4-9,11-12,16,19-21H,10H2,1-3H3/t12-,16+,19+/m0/s1. The molecule has 0 saturated carbocycles. The highest BCUT2D eigenvalue weighted by Gasteiger charge is 2.31. The van der Waals surface area contributed by atoms with Crippen molar-refractivity contribution in [2.45, 2.75) is 36.4 Å². The summed E-state index contributed by atoms with van der Waals surface area (Å²) in [5.74, 6) is 0.899. The molecule has 122 valence electrons. The van der Waals surface area contributed by atoms with E-state index in [1.165, 1.54) is 11.1 Å². The summed E-state index contributed by atoms with van der Waals surface area (Å²) < 4.78 is 5.48. The highest BCUT2D eigenvalue weighted by Crippen LogP contribution is 2.35. The van der Waals surface area contributed by atoms with Crippen molar-refractivity contribution >= 4 is 11.8 Å². The van der Waals surface area contributed by atoms with Crippen molar-refractivity contribution in [2.75, 3.05) is 13.4 Å². The average molecular weight is 329 g/mol. The van der Waals surface area contributed by atoms with Crippen molar-refractivity contribution in [2.24, 2.45) is 0 Å². The molecular weight excluding hydrogens is 306 g/mol. The maximum Gasteiger partial charge on any atom is 0.132 e. The van der Waals surface area contributed by atoms with Gasteiger partial charge in [-0.15, -0.1) is 11.8 Å². The predicted octanol–water partition coefficient (Wildman–Crippen LogP) is 3.73. The number of aliphatic hydroxyl groups is 1. The molecule has 0 amide bonds. The highest BCUT2D eigenvalue weighted by molar-refractivity contribution is 7.98. The molecule has 2 aromatic rings. The lowest BCUT2D eigenvalue weighted by Crippen LogP contribution is -2.31. The first-order chi connectivity index (χ1) is 11.1. The Labute approximate surface area is 142 Å². The molecule has 3 rings (SSSR count). The van der Waals surface area contributed by atoms with Gasteiger partial charge in [-0.05, 0) is 42.0 Å². The molecule has 0 unspecified atom stereocenters. The van der Waals surface area contributed by atoms with E-state index in [1.807, 2.05) is 18.4 Å². The van der Waals surface area contributed by atoms with E-state index < -0.39 is 0 Å². The van der Waals surface area contributed by atoms with E-state index in [-0.39, 0.29) is 18.2 Å². The van der Waals surface area contributed by atoms with Crippen LogP contribution in [0.2, 0.25) is 0 Å². The van der Waals surface area contributed by atoms with Crippen LogP contribution in [0.5, 0.6) is 5.75 Å². The second-order valence-electron chi connectivity index (χ2n) is 5.95. The maximum atomic E-state index is 10.4. The minimum Gasteiger partial charge on any atom is -0.496 e. The van der Waals surface area contributed by atoms with Crippen LogP contribution in [0, 0.1) is 0 Å². The Hall–Kier alpha value is -1.49. The second kappa shape index (κ2) is 6.95. The van der Waals surface area contributed by atoms with Gasteiger partial charge in [0.15, 0.2) is 0 Å². The van der Waals surface area contributed by atoms with Crippen molar-refractivity contribution < 1.29 is 9.84 Å². The summed E-state index contributed by atoms with van der Waals surface area (Å²) in [6.07, 6.45) is 2.39. The van der Waals surface area contributed by atoms with Crippen molar-refractivity contribution in [1.82, 2.24) is 5.32 Å². The van der Waals surface area contributed by atoms with Gasteiger partial charge in [0.25, 0.3) is 0 Å². The lowest BCUT2D eigenvalue weighted by atomic mass is 10.0. The average Bonchev–Trinajstić information content (AvgIpc) is 2.89. The first-order valence-corrected chi connectivity index (χ1v) is 9.10. The first-order valence-electron chi connectivity index (χ1n) is 7.88. The Bertz CT molecular complexity index is 689. The minimum atomic E-state index is -0.373. The molecule has 0 aromatic heterocycles. The molecule has 4 heteroatoms. The number of hydrogen-bond acceptors (Lipinski definition) is 4. The molecule has 0 spiro atoms. The molecule has 3 nitrogen and oxygen atoms in total. The van der Waals surface area contributed by atoms with Crippen LogP contribution in [-0.4, -0.2) is 24.6 Å². The number of nitrogens with one attached hydrogen (secondary N) is 1. The summed E-state index contributed by atoms with van der Waals surface area (Å²) >= 11 is 1.68. The van der Waals surface area contributed by atoms with Gasteiger partial charge in [0.05, 0.1) is 19.3 Å². The highest BCUT2D eigenvalue weighted by atomic mass is 32.2. The normalized spacial score (nSPS) is 21.0. The quantitative estimate of drug-likeness (QED) is 0.820. The monoisotopic (exact) mass is 329 g/mol. The lowest BCUT2D eigenvalue weighted by molar-refractivity contribution is 0.136. The molecule has 3 atom stereocenters. The molecule has 2 aromatic carbocycles. The number of methoxy groups -OCH3 is 1. The summed E-state index contributed by atoms with van der Waals surface area (Å²) in [7, 11) is 1.70. The van der Waals surface area contributed by atoms with Gasteiger partial charge in [0, 0.05) is 17.4 Å². The number of benzene rings is 2. The van der Waals surface area contributed by atoms with Crippen LogP contribution in [0.25, 0.3) is 0 Å². The number of thioether (sulfide) groups is 1. The molecule has 0 radical (unpaired) electrons. The van der Waals surface area contributed by atoms with Crippen LogP contribution in [0.15, 0.2) is 47.4 Å². The summed E-state index contributed by atoms with van der Waals surface area (Å²) in [5, 5.41) is 14.0. The van der Waals surface area contributed by atoms with Gasteiger partial charge in [0.1, 0.15) is 5.75 Å². The topological polar surface area (TPSA) is 41.5 Å². The van der Waals surface area contributed by atoms with Crippen molar-refractivity contribution in [1.29, 1.82) is 0 Å². The Morgan fingerprint density at radius 3 is 2.78 bits per heavy atom. The largest absolute Gasteiger partial charge is 0.496 e. The molecule has 0 saturated heterocycles. The van der Waals surface area contributed by atoms with E-state index in [0.29, 0.717) is 0 Å². The van der Waals surface area contributed by atoms with E-state index in [1.54, 1.807) is 18.9 Å². The number of ether oxygens (including phenoxy) is 1. The van der Waals surface area contributed by atoms with Gasteiger partial charge >= 0.3 is 0 Å². The third kappa shape index (κ3) is 3.25. The summed E-state index contributed by atoms with van der Waals surface area (Å²) in [6, 6.07) is 14.7. The number of fused-ring (bicyclic) bond motifs is 1. The third-order valence-electron chi connectivity index (χ3n) is 4.54. The Kier molecular flexibility index (Phi) is 4.95. The van der Waals surface area contributed by atoms with E-state index in [2.05, 4.69) is 42.6 Å². The summed E-state index contributed by atoms with van der Waals surface area (Å²) in [6.45, 7) is 2.13. The fourth-order valence-electron chi connectivity index (χ4n) is 3.26.